The lowest BCUT2D eigenvalue weighted by Crippen LogP contribution is -2.21. The molecule has 1 aromatic carbocycles. The fourth-order valence-electron chi connectivity index (χ4n) is 2.43. The van der Waals surface area contributed by atoms with Crippen LogP contribution in [0, 0.1) is 0 Å². The molecule has 27 heavy (non-hydrogen) atoms. The van der Waals surface area contributed by atoms with E-state index in [9.17, 15) is 9.59 Å². The molecule has 0 saturated heterocycles. The smallest absolute Gasteiger partial charge is 0.345 e. The molecule has 0 aliphatic carbocycles. The molecule has 138 valence electrons. The Labute approximate surface area is 160 Å². The summed E-state index contributed by atoms with van der Waals surface area (Å²) in [6.45, 7) is 3.64. The van der Waals surface area contributed by atoms with Crippen molar-refractivity contribution in [1.29, 1.82) is 0 Å². The zero-order chi connectivity index (χ0) is 19.4. The fourth-order valence-corrected chi connectivity index (χ4v) is 2.56. The molecule has 3 aromatic rings. The van der Waals surface area contributed by atoms with Crippen molar-refractivity contribution < 1.29 is 13.9 Å². The summed E-state index contributed by atoms with van der Waals surface area (Å²) in [5.74, 6) is 0.954. The topological polar surface area (TPSA) is 85.2 Å². The second kappa shape index (κ2) is 8.05. The third kappa shape index (κ3) is 4.35. The van der Waals surface area contributed by atoms with Gasteiger partial charge in [0.25, 0.3) is 5.56 Å². The van der Waals surface area contributed by atoms with Gasteiger partial charge in [0.05, 0.1) is 6.61 Å². The number of carbonyl (C=O) groups excluding carboxylic acids is 1. The van der Waals surface area contributed by atoms with Crippen LogP contribution in [-0.4, -0.2) is 22.5 Å². The van der Waals surface area contributed by atoms with Crippen molar-refractivity contribution in [2.75, 3.05) is 6.61 Å². The van der Waals surface area contributed by atoms with Gasteiger partial charge < -0.3 is 14.1 Å². The number of halogens is 1. The number of ether oxygens (including phenoxy) is 1. The molecule has 0 bridgehead atoms. The number of esters is 1. The van der Waals surface area contributed by atoms with Crippen molar-refractivity contribution in [3.63, 3.8) is 0 Å². The summed E-state index contributed by atoms with van der Waals surface area (Å²) < 4.78 is 10.6. The van der Waals surface area contributed by atoms with Crippen LogP contribution in [0.15, 0.2) is 51.8 Å². The van der Waals surface area contributed by atoms with Crippen LogP contribution >= 0.6 is 11.6 Å². The van der Waals surface area contributed by atoms with Crippen LogP contribution in [0.1, 0.15) is 35.8 Å². The highest BCUT2D eigenvalue weighted by Gasteiger charge is 2.13. The Morgan fingerprint density at radius 3 is 2.67 bits per heavy atom. The molecule has 0 amide bonds. The van der Waals surface area contributed by atoms with E-state index in [1.165, 1.54) is 6.20 Å². The molecule has 0 aliphatic heterocycles. The molecule has 0 spiro atoms. The zero-order valence-electron chi connectivity index (χ0n) is 14.8. The molecule has 2 heterocycles. The van der Waals surface area contributed by atoms with Gasteiger partial charge in [-0.3, -0.25) is 4.79 Å². The van der Waals surface area contributed by atoms with Gasteiger partial charge in [0, 0.05) is 16.8 Å². The van der Waals surface area contributed by atoms with E-state index in [1.807, 2.05) is 24.3 Å². The fraction of sp³-hybridized carbons (Fsp3) is 0.150. The quantitative estimate of drug-likeness (QED) is 0.658. The number of hydrogen-bond donors (Lipinski definition) is 1. The molecule has 0 radical (unpaired) electrons. The normalized spacial score (nSPS) is 11.4. The third-order valence-electron chi connectivity index (χ3n) is 3.78. The van der Waals surface area contributed by atoms with E-state index >= 15 is 0 Å². The Bertz CT molecular complexity index is 1050. The first-order valence-corrected chi connectivity index (χ1v) is 8.66. The van der Waals surface area contributed by atoms with E-state index in [4.69, 9.17) is 20.8 Å². The molecule has 7 heteroatoms. The van der Waals surface area contributed by atoms with E-state index < -0.39 is 11.5 Å². The summed E-state index contributed by atoms with van der Waals surface area (Å²) in [5.41, 5.74) is 0.908. The highest BCUT2D eigenvalue weighted by Crippen LogP contribution is 2.25. The van der Waals surface area contributed by atoms with Crippen LogP contribution in [0.25, 0.3) is 23.0 Å². The minimum absolute atomic E-state index is 0.128. The first-order chi connectivity index (χ1) is 13.0. The van der Waals surface area contributed by atoms with Gasteiger partial charge in [0.1, 0.15) is 22.9 Å². The number of hydrogen-bond acceptors (Lipinski definition) is 5. The van der Waals surface area contributed by atoms with Crippen molar-refractivity contribution >= 4 is 29.2 Å². The van der Waals surface area contributed by atoms with Crippen molar-refractivity contribution in [2.24, 2.45) is 0 Å². The van der Waals surface area contributed by atoms with Crippen molar-refractivity contribution in [3.8, 4) is 11.3 Å². The molecular weight excluding hydrogens is 368 g/mol. The van der Waals surface area contributed by atoms with Gasteiger partial charge in [0.2, 0.25) is 0 Å². The molecule has 0 unspecified atom stereocenters. The van der Waals surface area contributed by atoms with Crippen molar-refractivity contribution in [2.45, 2.75) is 13.8 Å². The van der Waals surface area contributed by atoms with Crippen LogP contribution in [-0.2, 0) is 4.74 Å². The lowest BCUT2D eigenvalue weighted by atomic mass is 10.2. The number of aromatic amines is 1. The highest BCUT2D eigenvalue weighted by molar-refractivity contribution is 6.30. The maximum absolute atomic E-state index is 12.1. The summed E-state index contributed by atoms with van der Waals surface area (Å²) in [4.78, 5) is 30.5. The predicted octanol–water partition coefficient (Wildman–Crippen LogP) is 4.42. The molecule has 0 fully saturated rings. The standard InChI is InChI=1S/C20H17ClN2O4/c1-3-26-20(25)16-11-22-18(23-19(16)24)12(2)10-15-8-9-17(27-15)13-4-6-14(21)7-5-13/h4-11H,3H2,1-2H3,(H,22,23,24)/b12-10+. The Hall–Kier alpha value is -3.12. The number of carbonyl (C=O) groups is 1. The number of rotatable bonds is 5. The number of aromatic nitrogens is 2. The Morgan fingerprint density at radius 2 is 2.00 bits per heavy atom. The van der Waals surface area contributed by atoms with Gasteiger partial charge in [0.15, 0.2) is 0 Å². The number of furan rings is 1. The maximum atomic E-state index is 12.1. The zero-order valence-corrected chi connectivity index (χ0v) is 15.5. The number of nitrogens with zero attached hydrogens (tertiary/aromatic N) is 1. The molecule has 1 N–H and O–H groups in total. The van der Waals surface area contributed by atoms with Crippen LogP contribution in [0.2, 0.25) is 5.02 Å². The van der Waals surface area contributed by atoms with Gasteiger partial charge in [-0.1, -0.05) is 11.6 Å². The van der Waals surface area contributed by atoms with Crippen LogP contribution in [0.4, 0.5) is 0 Å². The molecule has 0 aliphatic rings. The first-order valence-electron chi connectivity index (χ1n) is 8.29. The van der Waals surface area contributed by atoms with E-state index in [1.54, 1.807) is 32.1 Å². The first kappa shape index (κ1) is 18.7. The molecule has 6 nitrogen and oxygen atoms in total. The van der Waals surface area contributed by atoms with Gasteiger partial charge >= 0.3 is 5.97 Å². The number of H-pyrrole nitrogens is 1. The van der Waals surface area contributed by atoms with Crippen molar-refractivity contribution in [1.82, 2.24) is 9.97 Å². The highest BCUT2D eigenvalue weighted by atomic mass is 35.5. The molecule has 0 saturated carbocycles. The maximum Gasteiger partial charge on any atom is 0.345 e. The average molecular weight is 385 g/mol. The van der Waals surface area contributed by atoms with Crippen LogP contribution < -0.4 is 5.56 Å². The molecular formula is C20H17ClN2O4. The minimum atomic E-state index is -0.696. The Balaban J connectivity index is 1.83. The Morgan fingerprint density at radius 1 is 1.26 bits per heavy atom. The minimum Gasteiger partial charge on any atom is -0.462 e. The SMILES string of the molecule is CCOC(=O)c1cnc(/C(C)=C/c2ccc(-c3ccc(Cl)cc3)o2)[nH]c1=O. The van der Waals surface area contributed by atoms with E-state index in [0.717, 1.165) is 5.56 Å². The average Bonchev–Trinajstić information content (AvgIpc) is 3.10. The number of benzene rings is 1. The van der Waals surface area contributed by atoms with Gasteiger partial charge in [-0.25, -0.2) is 9.78 Å². The number of nitrogens with one attached hydrogen (secondary N) is 1. The Kier molecular flexibility index (Phi) is 5.57. The second-order valence-electron chi connectivity index (χ2n) is 5.73. The second-order valence-corrected chi connectivity index (χ2v) is 6.17. The third-order valence-corrected chi connectivity index (χ3v) is 4.03. The lowest BCUT2D eigenvalue weighted by molar-refractivity contribution is 0.0523. The van der Waals surface area contributed by atoms with Crippen LogP contribution in [0.3, 0.4) is 0 Å². The number of allylic oxidation sites excluding steroid dienone is 1. The van der Waals surface area contributed by atoms with Crippen molar-refractivity contribution in [3.05, 3.63) is 75.1 Å². The largest absolute Gasteiger partial charge is 0.462 e. The lowest BCUT2D eigenvalue weighted by Gasteiger charge is -2.03. The molecule has 2 aromatic heterocycles. The molecule has 3 rings (SSSR count). The summed E-state index contributed by atoms with van der Waals surface area (Å²) in [6.07, 6.45) is 2.96. The predicted molar refractivity (Wildman–Crippen MR) is 104 cm³/mol. The van der Waals surface area contributed by atoms with Gasteiger partial charge in [-0.2, -0.15) is 0 Å². The van der Waals surface area contributed by atoms with Crippen LogP contribution in [0.5, 0.6) is 0 Å². The van der Waals surface area contributed by atoms with E-state index in [0.29, 0.717) is 27.9 Å². The summed E-state index contributed by atoms with van der Waals surface area (Å²) >= 11 is 5.90. The summed E-state index contributed by atoms with van der Waals surface area (Å²) in [5, 5.41) is 0.655. The van der Waals surface area contributed by atoms with E-state index in [2.05, 4.69) is 9.97 Å². The monoisotopic (exact) mass is 384 g/mol. The summed E-state index contributed by atoms with van der Waals surface area (Å²) in [7, 11) is 0. The van der Waals surface area contributed by atoms with Gasteiger partial charge in [-0.05, 0) is 61.9 Å². The molecule has 0 atom stereocenters. The van der Waals surface area contributed by atoms with E-state index in [-0.39, 0.29) is 12.2 Å². The summed E-state index contributed by atoms with van der Waals surface area (Å²) in [6, 6.07) is 11.0. The van der Waals surface area contributed by atoms with Gasteiger partial charge in [-0.15, -0.1) is 0 Å².